The molecule has 0 radical (unpaired) electrons. The molecule has 0 aromatic rings. The average Bonchev–Trinajstić information content (AvgIpc) is 2.52. The molecule has 0 aliphatic heterocycles. The van der Waals surface area contributed by atoms with E-state index >= 15 is 0 Å². The SMILES string of the molecule is C=CC(=C)OCC1CCCC1. The molecule has 1 nitrogen and oxygen atoms in total. The van der Waals surface area contributed by atoms with Crippen LogP contribution in [0.3, 0.4) is 0 Å². The largest absolute Gasteiger partial charge is 0.494 e. The molecule has 0 heterocycles. The number of hydrogen-bond donors (Lipinski definition) is 0. The molecule has 1 aliphatic rings. The first-order valence-electron chi connectivity index (χ1n) is 4.27. The Morgan fingerprint density at radius 3 is 2.64 bits per heavy atom. The molecule has 1 aliphatic carbocycles. The molecular weight excluding hydrogens is 136 g/mol. The summed E-state index contributed by atoms with van der Waals surface area (Å²) in [7, 11) is 0. The van der Waals surface area contributed by atoms with Gasteiger partial charge in [-0.25, -0.2) is 0 Å². The van der Waals surface area contributed by atoms with Crippen molar-refractivity contribution in [1.29, 1.82) is 0 Å². The molecule has 0 N–H and O–H groups in total. The van der Waals surface area contributed by atoms with Crippen LogP contribution in [0.1, 0.15) is 25.7 Å². The lowest BCUT2D eigenvalue weighted by molar-refractivity contribution is 0.178. The van der Waals surface area contributed by atoms with Crippen molar-refractivity contribution in [3.05, 3.63) is 25.0 Å². The zero-order chi connectivity index (χ0) is 8.10. The minimum absolute atomic E-state index is 0.705. The molecule has 1 saturated carbocycles. The lowest BCUT2D eigenvalue weighted by Gasteiger charge is -2.10. The monoisotopic (exact) mass is 152 g/mol. The van der Waals surface area contributed by atoms with Crippen LogP contribution in [0.25, 0.3) is 0 Å². The summed E-state index contributed by atoms with van der Waals surface area (Å²) in [5.41, 5.74) is 0. The van der Waals surface area contributed by atoms with E-state index in [1.54, 1.807) is 6.08 Å². The quantitative estimate of drug-likeness (QED) is 0.444. The van der Waals surface area contributed by atoms with E-state index in [1.165, 1.54) is 25.7 Å². The van der Waals surface area contributed by atoms with Crippen molar-refractivity contribution in [3.63, 3.8) is 0 Å². The van der Waals surface area contributed by atoms with Gasteiger partial charge in [0, 0.05) is 0 Å². The lowest BCUT2D eigenvalue weighted by atomic mass is 10.1. The summed E-state index contributed by atoms with van der Waals surface area (Å²) in [5, 5.41) is 0. The first-order valence-corrected chi connectivity index (χ1v) is 4.27. The summed E-state index contributed by atoms with van der Waals surface area (Å²) in [6.45, 7) is 8.11. The number of allylic oxidation sites excluding steroid dienone is 1. The molecule has 11 heavy (non-hydrogen) atoms. The van der Waals surface area contributed by atoms with Crippen LogP contribution >= 0.6 is 0 Å². The van der Waals surface area contributed by atoms with Gasteiger partial charge < -0.3 is 4.74 Å². The van der Waals surface area contributed by atoms with Crippen LogP contribution in [0.15, 0.2) is 25.0 Å². The van der Waals surface area contributed by atoms with Crippen molar-refractivity contribution in [1.82, 2.24) is 0 Å². The first kappa shape index (κ1) is 8.38. The highest BCUT2D eigenvalue weighted by Crippen LogP contribution is 2.25. The molecule has 0 bridgehead atoms. The van der Waals surface area contributed by atoms with Gasteiger partial charge in [0.1, 0.15) is 5.76 Å². The van der Waals surface area contributed by atoms with Gasteiger partial charge in [0.2, 0.25) is 0 Å². The van der Waals surface area contributed by atoms with E-state index in [-0.39, 0.29) is 0 Å². The van der Waals surface area contributed by atoms with E-state index in [2.05, 4.69) is 13.2 Å². The third-order valence-corrected chi connectivity index (χ3v) is 2.21. The van der Waals surface area contributed by atoms with Crippen LogP contribution in [0.5, 0.6) is 0 Å². The zero-order valence-corrected chi connectivity index (χ0v) is 7.01. The molecule has 0 unspecified atom stereocenters. The van der Waals surface area contributed by atoms with E-state index < -0.39 is 0 Å². The fraction of sp³-hybridized carbons (Fsp3) is 0.600. The second-order valence-corrected chi connectivity index (χ2v) is 3.13. The van der Waals surface area contributed by atoms with Gasteiger partial charge in [-0.2, -0.15) is 0 Å². The van der Waals surface area contributed by atoms with Crippen molar-refractivity contribution in [2.45, 2.75) is 25.7 Å². The molecule has 0 spiro atoms. The molecule has 0 amide bonds. The standard InChI is InChI=1S/C10H16O/c1-3-9(2)11-8-10-6-4-5-7-10/h3,10H,1-2,4-8H2. The molecule has 62 valence electrons. The Morgan fingerprint density at radius 2 is 2.09 bits per heavy atom. The predicted octanol–water partition coefficient (Wildman–Crippen LogP) is 2.89. The maximum absolute atomic E-state index is 5.36. The topological polar surface area (TPSA) is 9.23 Å². The van der Waals surface area contributed by atoms with Gasteiger partial charge in [0.15, 0.2) is 0 Å². The van der Waals surface area contributed by atoms with E-state index in [9.17, 15) is 0 Å². The van der Waals surface area contributed by atoms with Crippen LogP contribution in [0.2, 0.25) is 0 Å². The molecule has 0 aromatic heterocycles. The normalized spacial score (nSPS) is 18.2. The third kappa shape index (κ3) is 2.79. The maximum atomic E-state index is 5.36. The van der Waals surface area contributed by atoms with Crippen LogP contribution in [-0.2, 0) is 4.74 Å². The maximum Gasteiger partial charge on any atom is 0.111 e. The lowest BCUT2D eigenvalue weighted by Crippen LogP contribution is -2.03. The minimum Gasteiger partial charge on any atom is -0.494 e. The Bertz CT molecular complexity index is 143. The van der Waals surface area contributed by atoms with Crippen LogP contribution in [0.4, 0.5) is 0 Å². The van der Waals surface area contributed by atoms with Crippen LogP contribution < -0.4 is 0 Å². The predicted molar refractivity (Wildman–Crippen MR) is 47.2 cm³/mol. The summed E-state index contributed by atoms with van der Waals surface area (Å²) in [5.74, 6) is 1.48. The Kier molecular flexibility index (Phi) is 3.21. The van der Waals surface area contributed by atoms with E-state index in [0.717, 1.165) is 12.5 Å². The van der Waals surface area contributed by atoms with Crippen LogP contribution in [-0.4, -0.2) is 6.61 Å². The molecule has 1 rings (SSSR count). The van der Waals surface area contributed by atoms with Gasteiger partial charge in [0.05, 0.1) is 6.61 Å². The first-order chi connectivity index (χ1) is 5.33. The second kappa shape index (κ2) is 4.22. The molecule has 1 heteroatoms. The van der Waals surface area contributed by atoms with Gasteiger partial charge >= 0.3 is 0 Å². The summed E-state index contributed by atoms with van der Waals surface area (Å²) >= 11 is 0. The summed E-state index contributed by atoms with van der Waals surface area (Å²) < 4.78 is 5.36. The van der Waals surface area contributed by atoms with Crippen molar-refractivity contribution < 1.29 is 4.74 Å². The highest BCUT2D eigenvalue weighted by atomic mass is 16.5. The summed E-state index contributed by atoms with van der Waals surface area (Å²) in [6.07, 6.45) is 7.05. The van der Waals surface area contributed by atoms with Crippen molar-refractivity contribution in [3.8, 4) is 0 Å². The van der Waals surface area contributed by atoms with Gasteiger partial charge in [-0.3, -0.25) is 0 Å². The van der Waals surface area contributed by atoms with E-state index in [0.29, 0.717) is 5.76 Å². The Labute approximate surface area is 68.8 Å². The molecule has 0 saturated heterocycles. The van der Waals surface area contributed by atoms with Gasteiger partial charge in [-0.15, -0.1) is 0 Å². The minimum atomic E-state index is 0.705. The smallest absolute Gasteiger partial charge is 0.111 e. The van der Waals surface area contributed by atoms with Gasteiger partial charge in [-0.05, 0) is 24.8 Å². The molecular formula is C10H16O. The van der Waals surface area contributed by atoms with Crippen molar-refractivity contribution >= 4 is 0 Å². The molecule has 0 atom stereocenters. The Hall–Kier alpha value is -0.720. The fourth-order valence-corrected chi connectivity index (χ4v) is 1.46. The Morgan fingerprint density at radius 1 is 1.45 bits per heavy atom. The second-order valence-electron chi connectivity index (χ2n) is 3.13. The third-order valence-electron chi connectivity index (χ3n) is 2.21. The highest BCUT2D eigenvalue weighted by Gasteiger charge is 2.14. The van der Waals surface area contributed by atoms with Gasteiger partial charge in [0.25, 0.3) is 0 Å². The van der Waals surface area contributed by atoms with E-state index in [1.807, 2.05) is 0 Å². The Balaban J connectivity index is 2.10. The number of hydrogen-bond acceptors (Lipinski definition) is 1. The molecule has 0 aromatic carbocycles. The van der Waals surface area contributed by atoms with Crippen LogP contribution in [0, 0.1) is 5.92 Å². The zero-order valence-electron chi connectivity index (χ0n) is 7.01. The fourth-order valence-electron chi connectivity index (χ4n) is 1.46. The van der Waals surface area contributed by atoms with Crippen molar-refractivity contribution in [2.24, 2.45) is 5.92 Å². The van der Waals surface area contributed by atoms with E-state index in [4.69, 9.17) is 4.74 Å². The highest BCUT2D eigenvalue weighted by molar-refractivity contribution is 5.01. The number of ether oxygens (including phenoxy) is 1. The van der Waals surface area contributed by atoms with Gasteiger partial charge in [-0.1, -0.05) is 26.0 Å². The molecule has 1 fully saturated rings. The summed E-state index contributed by atoms with van der Waals surface area (Å²) in [4.78, 5) is 0. The summed E-state index contributed by atoms with van der Waals surface area (Å²) in [6, 6.07) is 0. The number of rotatable bonds is 4. The van der Waals surface area contributed by atoms with Crippen molar-refractivity contribution in [2.75, 3.05) is 6.61 Å². The average molecular weight is 152 g/mol.